The SMILES string of the molecule is C.N[C@@H](Cc1ccccc1)C(c1ccccc1)c1ccccc1.O=C1N[C@@H](Cc2ccccc2)C(c2ccccc2)(c2ccccc2)O1. The van der Waals surface area contributed by atoms with E-state index in [0.717, 1.165) is 23.1 Å². The van der Waals surface area contributed by atoms with Crippen molar-refractivity contribution < 1.29 is 9.53 Å². The zero-order chi connectivity index (χ0) is 32.3. The Balaban J connectivity index is 0.000000186. The molecule has 1 fully saturated rings. The van der Waals surface area contributed by atoms with Crippen molar-refractivity contribution in [2.45, 2.75) is 43.9 Å². The number of alkyl carbamates (subject to hydrolysis) is 1. The van der Waals surface area contributed by atoms with Crippen LogP contribution in [-0.2, 0) is 23.2 Å². The summed E-state index contributed by atoms with van der Waals surface area (Å²) < 4.78 is 5.96. The fraction of sp³-hybridized carbons (Fsp3) is 0.159. The number of nitrogens with two attached hydrogens (primary N) is 1. The minimum atomic E-state index is -0.838. The second-order valence-electron chi connectivity index (χ2n) is 11.9. The second kappa shape index (κ2) is 16.4. The van der Waals surface area contributed by atoms with Crippen molar-refractivity contribution in [3.8, 4) is 0 Å². The number of rotatable bonds is 9. The lowest BCUT2D eigenvalue weighted by Crippen LogP contribution is -2.43. The molecular weight excluding hydrogens is 588 g/mol. The van der Waals surface area contributed by atoms with Crippen LogP contribution < -0.4 is 11.1 Å². The highest BCUT2D eigenvalue weighted by Crippen LogP contribution is 2.41. The molecule has 7 rings (SSSR count). The molecule has 1 saturated heterocycles. The quantitative estimate of drug-likeness (QED) is 0.167. The van der Waals surface area contributed by atoms with E-state index in [9.17, 15) is 4.79 Å². The minimum absolute atomic E-state index is 0. The summed E-state index contributed by atoms with van der Waals surface area (Å²) in [4.78, 5) is 12.3. The van der Waals surface area contributed by atoms with E-state index in [1.54, 1.807) is 0 Å². The molecular formula is C44H44N2O2. The summed E-state index contributed by atoms with van der Waals surface area (Å²) in [5.74, 6) is 0.211. The van der Waals surface area contributed by atoms with Gasteiger partial charge in [0, 0.05) is 23.1 Å². The molecule has 6 aromatic carbocycles. The van der Waals surface area contributed by atoms with E-state index in [1.807, 2.05) is 97.1 Å². The van der Waals surface area contributed by atoms with Gasteiger partial charge in [0.15, 0.2) is 5.60 Å². The van der Waals surface area contributed by atoms with Gasteiger partial charge in [-0.15, -0.1) is 0 Å². The molecule has 3 N–H and O–H groups in total. The van der Waals surface area contributed by atoms with Gasteiger partial charge in [-0.05, 0) is 35.1 Å². The normalized spacial score (nSPS) is 15.2. The standard InChI is InChI=1S/C22H19NO2.C21H21N.CH4/c24-21-23-20(16-17-10-4-1-5-11-17)22(25-21,18-12-6-2-7-13-18)19-14-8-3-9-15-19;22-20(16-17-10-4-1-5-11-17)21(18-12-6-2-7-13-18)19-14-8-3-9-15-19;/h1-15,20H,16H2,(H,23,24);1-15,20-21H,16,22H2;1H4/t2*20-;/m00./s1. The third-order valence-electron chi connectivity index (χ3n) is 8.78. The Morgan fingerprint density at radius 1 is 0.562 bits per heavy atom. The molecule has 48 heavy (non-hydrogen) atoms. The second-order valence-corrected chi connectivity index (χ2v) is 11.9. The molecule has 4 heteroatoms. The monoisotopic (exact) mass is 632 g/mol. The molecule has 0 aromatic heterocycles. The van der Waals surface area contributed by atoms with E-state index in [0.29, 0.717) is 6.42 Å². The van der Waals surface area contributed by atoms with Gasteiger partial charge in [-0.25, -0.2) is 4.79 Å². The van der Waals surface area contributed by atoms with Gasteiger partial charge in [0.1, 0.15) is 0 Å². The first-order valence-electron chi connectivity index (χ1n) is 16.2. The first-order chi connectivity index (χ1) is 23.1. The molecule has 1 heterocycles. The zero-order valence-electron chi connectivity index (χ0n) is 26.4. The third-order valence-corrected chi connectivity index (χ3v) is 8.78. The van der Waals surface area contributed by atoms with Crippen LogP contribution >= 0.6 is 0 Å². The van der Waals surface area contributed by atoms with E-state index in [1.165, 1.54) is 16.7 Å². The summed E-state index contributed by atoms with van der Waals surface area (Å²) in [6, 6.07) is 61.6. The molecule has 6 aromatic rings. The Morgan fingerprint density at radius 3 is 1.38 bits per heavy atom. The highest BCUT2D eigenvalue weighted by atomic mass is 16.6. The lowest BCUT2D eigenvalue weighted by atomic mass is 9.78. The number of carbonyl (C=O) groups is 1. The fourth-order valence-corrected chi connectivity index (χ4v) is 6.61. The van der Waals surface area contributed by atoms with Gasteiger partial charge in [0.05, 0.1) is 6.04 Å². The summed E-state index contributed by atoms with van der Waals surface area (Å²) in [6.07, 6.45) is 1.18. The average Bonchev–Trinajstić information content (AvgIpc) is 3.47. The van der Waals surface area contributed by atoms with Gasteiger partial charge in [-0.1, -0.05) is 189 Å². The lowest BCUT2D eigenvalue weighted by molar-refractivity contribution is 0.0683. The molecule has 2 atom stereocenters. The third kappa shape index (κ3) is 7.91. The van der Waals surface area contributed by atoms with Crippen LogP contribution in [0.4, 0.5) is 4.79 Å². The van der Waals surface area contributed by atoms with Crippen LogP contribution in [-0.4, -0.2) is 18.2 Å². The molecule has 0 spiro atoms. The number of hydrogen-bond acceptors (Lipinski definition) is 3. The Morgan fingerprint density at radius 2 is 0.938 bits per heavy atom. The Kier molecular flexibility index (Phi) is 11.6. The van der Waals surface area contributed by atoms with Gasteiger partial charge < -0.3 is 15.8 Å². The van der Waals surface area contributed by atoms with Crippen molar-refractivity contribution in [2.24, 2.45) is 5.73 Å². The first kappa shape index (κ1) is 33.9. The smallest absolute Gasteiger partial charge is 0.408 e. The maximum absolute atomic E-state index is 12.3. The van der Waals surface area contributed by atoms with Gasteiger partial charge >= 0.3 is 6.09 Å². The predicted molar refractivity (Wildman–Crippen MR) is 197 cm³/mol. The predicted octanol–water partition coefficient (Wildman–Crippen LogP) is 9.31. The number of carbonyl (C=O) groups excluding carboxylic acids is 1. The molecule has 0 aliphatic carbocycles. The van der Waals surface area contributed by atoms with Crippen LogP contribution in [0, 0.1) is 0 Å². The number of hydrogen-bond donors (Lipinski definition) is 2. The maximum Gasteiger partial charge on any atom is 0.408 e. The van der Waals surface area contributed by atoms with E-state index < -0.39 is 5.60 Å². The van der Waals surface area contributed by atoms with E-state index >= 15 is 0 Å². The largest absolute Gasteiger partial charge is 0.431 e. The lowest BCUT2D eigenvalue weighted by Gasteiger charge is -2.33. The topological polar surface area (TPSA) is 64.4 Å². The molecule has 1 aliphatic heterocycles. The molecule has 0 bridgehead atoms. The van der Waals surface area contributed by atoms with E-state index in [4.69, 9.17) is 10.5 Å². The van der Waals surface area contributed by atoms with Crippen LogP contribution in [0.25, 0.3) is 0 Å². The van der Waals surface area contributed by atoms with Crippen molar-refractivity contribution in [1.29, 1.82) is 0 Å². The maximum atomic E-state index is 12.3. The van der Waals surface area contributed by atoms with E-state index in [2.05, 4.69) is 90.2 Å². The summed E-state index contributed by atoms with van der Waals surface area (Å²) in [5.41, 5.74) is 12.7. The Hall–Kier alpha value is -5.45. The number of benzene rings is 6. The first-order valence-corrected chi connectivity index (χ1v) is 16.2. The molecule has 0 radical (unpaired) electrons. The molecule has 1 amide bonds. The van der Waals surface area contributed by atoms with Crippen molar-refractivity contribution in [3.05, 3.63) is 215 Å². The summed E-state index contributed by atoms with van der Waals surface area (Å²) >= 11 is 0. The molecule has 1 aliphatic rings. The van der Waals surface area contributed by atoms with Crippen molar-refractivity contribution in [3.63, 3.8) is 0 Å². The summed E-state index contributed by atoms with van der Waals surface area (Å²) in [6.45, 7) is 0. The van der Waals surface area contributed by atoms with Crippen molar-refractivity contribution in [2.75, 3.05) is 0 Å². The van der Waals surface area contributed by atoms with Crippen LogP contribution in [0.1, 0.15) is 46.7 Å². The van der Waals surface area contributed by atoms with Crippen molar-refractivity contribution >= 4 is 6.09 Å². The van der Waals surface area contributed by atoms with E-state index in [-0.39, 0.29) is 31.5 Å². The van der Waals surface area contributed by atoms with Gasteiger partial charge in [-0.2, -0.15) is 0 Å². The number of cyclic esters (lactones) is 1. The van der Waals surface area contributed by atoms with Gasteiger partial charge in [0.2, 0.25) is 0 Å². The summed E-state index contributed by atoms with van der Waals surface area (Å²) in [7, 11) is 0. The fourth-order valence-electron chi connectivity index (χ4n) is 6.61. The molecule has 242 valence electrons. The molecule has 0 saturated carbocycles. The zero-order valence-corrected chi connectivity index (χ0v) is 26.4. The van der Waals surface area contributed by atoms with Crippen LogP contribution in [0.5, 0.6) is 0 Å². The highest BCUT2D eigenvalue weighted by molar-refractivity contribution is 5.73. The van der Waals surface area contributed by atoms with Crippen LogP contribution in [0.2, 0.25) is 0 Å². The highest BCUT2D eigenvalue weighted by Gasteiger charge is 2.51. The molecule has 0 unspecified atom stereocenters. The van der Waals surface area contributed by atoms with Crippen LogP contribution in [0.15, 0.2) is 182 Å². The van der Waals surface area contributed by atoms with Crippen molar-refractivity contribution in [1.82, 2.24) is 5.32 Å². The number of nitrogens with one attached hydrogen (secondary N) is 1. The number of amides is 1. The van der Waals surface area contributed by atoms with Gasteiger partial charge in [0.25, 0.3) is 0 Å². The van der Waals surface area contributed by atoms with Crippen LogP contribution in [0.3, 0.4) is 0 Å². The number of ether oxygens (including phenoxy) is 1. The molecule has 4 nitrogen and oxygen atoms in total. The Labute approximate surface area is 285 Å². The average molecular weight is 633 g/mol. The Bertz CT molecular complexity index is 1720. The minimum Gasteiger partial charge on any atom is -0.431 e. The van der Waals surface area contributed by atoms with Gasteiger partial charge in [-0.3, -0.25) is 0 Å². The summed E-state index contributed by atoms with van der Waals surface area (Å²) in [5, 5.41) is 3.03.